The van der Waals surface area contributed by atoms with Crippen LogP contribution in [-0.4, -0.2) is 103 Å². The molecule has 0 aliphatic carbocycles. The lowest BCUT2D eigenvalue weighted by molar-refractivity contribution is -0.125. The van der Waals surface area contributed by atoms with Crippen LogP contribution in [0.4, 0.5) is 11.6 Å². The number of halogens is 1. The number of rotatable bonds is 16. The van der Waals surface area contributed by atoms with Crippen molar-refractivity contribution in [2.75, 3.05) is 62.7 Å². The molecule has 14 heteroatoms. The van der Waals surface area contributed by atoms with E-state index in [1.54, 1.807) is 30.3 Å². The van der Waals surface area contributed by atoms with E-state index in [1.807, 2.05) is 49.4 Å². The van der Waals surface area contributed by atoms with E-state index in [-0.39, 0.29) is 23.8 Å². The summed E-state index contributed by atoms with van der Waals surface area (Å²) in [7, 11) is 1.67. The first kappa shape index (κ1) is 45.2. The Balaban J connectivity index is 0.832. The minimum absolute atomic E-state index is 0.119. The predicted molar refractivity (Wildman–Crippen MR) is 243 cm³/mol. The van der Waals surface area contributed by atoms with Crippen LogP contribution in [0.25, 0.3) is 0 Å². The van der Waals surface area contributed by atoms with Crippen LogP contribution >= 0.6 is 11.6 Å². The van der Waals surface area contributed by atoms with Crippen LogP contribution in [0.15, 0.2) is 72.9 Å². The molecule has 1 N–H and O–H groups in total. The van der Waals surface area contributed by atoms with Gasteiger partial charge in [0.2, 0.25) is 18.3 Å². The van der Waals surface area contributed by atoms with Gasteiger partial charge >= 0.3 is 0 Å². The molecule has 0 radical (unpaired) electrons. The second-order valence-corrected chi connectivity index (χ2v) is 18.5. The Morgan fingerprint density at radius 2 is 1.70 bits per heavy atom. The number of anilines is 2. The third-order valence-corrected chi connectivity index (χ3v) is 13.9. The second kappa shape index (κ2) is 19.7. The van der Waals surface area contributed by atoms with Crippen LogP contribution < -0.4 is 19.9 Å². The third-order valence-electron chi connectivity index (χ3n) is 13.7. The highest BCUT2D eigenvalue weighted by molar-refractivity contribution is 6.30. The Labute approximate surface area is 375 Å². The second-order valence-electron chi connectivity index (χ2n) is 18.1. The van der Waals surface area contributed by atoms with Gasteiger partial charge in [-0.05, 0) is 123 Å². The fraction of sp³-hybridized carbons (Fsp3) is 0.449. The average molecular weight is 873 g/mol. The number of benzene rings is 3. The standard InChI is InChI=1S/C49H57ClN8O5/c1-34(5-12-45(61)53-33-60)55(4)46(62)44-11-8-42(25-37(44)31-59)57-21-16-49(17-22-57)14-19-56(20-15-49)28-36-29-58(30-36)47-52-18-13-41(54-47)32-63-43-9-6-38(7-10-43)48(2,3)39-23-35(27-51)24-40(50)26-39/h6-11,13,18,23-26,31,33-34,36H,5,12,14-17,19-22,28-30,32H2,1-4H3,(H,53,60,61). The molecule has 3 aromatic carbocycles. The van der Waals surface area contributed by atoms with Crippen LogP contribution in [0.2, 0.25) is 5.02 Å². The highest BCUT2D eigenvalue weighted by Gasteiger charge is 2.39. The molecule has 63 heavy (non-hydrogen) atoms. The molecule has 3 amide bonds. The van der Waals surface area contributed by atoms with Gasteiger partial charge in [0.1, 0.15) is 12.4 Å². The van der Waals surface area contributed by atoms with Crippen LogP contribution in [-0.2, 0) is 21.6 Å². The van der Waals surface area contributed by atoms with Crippen molar-refractivity contribution in [3.63, 3.8) is 0 Å². The number of hydrogen-bond acceptors (Lipinski definition) is 11. The van der Waals surface area contributed by atoms with E-state index in [0.717, 1.165) is 99.1 Å². The number of nitriles is 1. The lowest BCUT2D eigenvalue weighted by Gasteiger charge is -2.49. The van der Waals surface area contributed by atoms with E-state index in [1.165, 1.54) is 12.8 Å². The molecule has 330 valence electrons. The summed E-state index contributed by atoms with van der Waals surface area (Å²) >= 11 is 6.30. The number of nitrogens with zero attached hydrogens (tertiary/aromatic N) is 7. The number of carbonyl (C=O) groups excluding carboxylic acids is 4. The number of aldehydes is 1. The maximum absolute atomic E-state index is 13.3. The zero-order chi connectivity index (χ0) is 44.7. The van der Waals surface area contributed by atoms with E-state index in [9.17, 15) is 24.4 Å². The van der Waals surface area contributed by atoms with Crippen molar-refractivity contribution in [1.82, 2.24) is 25.1 Å². The van der Waals surface area contributed by atoms with Gasteiger partial charge in [-0.1, -0.05) is 37.6 Å². The Morgan fingerprint density at radius 1 is 0.984 bits per heavy atom. The van der Waals surface area contributed by atoms with E-state index in [2.05, 4.69) is 57.0 Å². The van der Waals surface area contributed by atoms with E-state index in [0.29, 0.717) is 52.5 Å². The zero-order valence-electron chi connectivity index (χ0n) is 36.7. The van der Waals surface area contributed by atoms with Crippen LogP contribution in [0.3, 0.4) is 0 Å². The molecule has 4 aromatic rings. The minimum atomic E-state index is -0.391. The van der Waals surface area contributed by atoms with Crippen molar-refractivity contribution in [2.24, 2.45) is 11.3 Å². The summed E-state index contributed by atoms with van der Waals surface area (Å²) in [5, 5.41) is 12.1. The van der Waals surface area contributed by atoms with Crippen LogP contribution in [0.5, 0.6) is 5.75 Å². The SMILES string of the molecule is CC(CCC(=O)NC=O)N(C)C(=O)c1ccc(N2CCC3(CCN(CC4CN(c5nccc(COc6ccc(C(C)(C)c7cc(Cl)cc(C#N)c7)cc6)n5)C4)CC3)CC2)cc1C=O. The molecule has 3 aliphatic heterocycles. The van der Waals surface area contributed by atoms with Gasteiger partial charge in [-0.2, -0.15) is 5.26 Å². The van der Waals surface area contributed by atoms with Crippen molar-refractivity contribution < 1.29 is 23.9 Å². The van der Waals surface area contributed by atoms with Gasteiger partial charge in [0, 0.05) is 86.0 Å². The van der Waals surface area contributed by atoms with Crippen LogP contribution in [0.1, 0.15) is 102 Å². The number of ether oxygens (including phenoxy) is 1. The molecule has 7 rings (SSSR count). The normalized spacial score (nSPS) is 17.0. The lowest BCUT2D eigenvalue weighted by atomic mass is 9.71. The summed E-state index contributed by atoms with van der Waals surface area (Å²) in [6.45, 7) is 13.4. The lowest BCUT2D eigenvalue weighted by Crippen LogP contribution is -2.54. The fourth-order valence-corrected chi connectivity index (χ4v) is 9.42. The number of nitrogens with one attached hydrogen (secondary N) is 1. The number of likely N-dealkylation sites (tertiary alicyclic amines) is 1. The molecule has 3 fully saturated rings. The van der Waals surface area contributed by atoms with Gasteiger partial charge in [0.25, 0.3) is 5.91 Å². The predicted octanol–water partition coefficient (Wildman–Crippen LogP) is 7.05. The average Bonchev–Trinajstić information content (AvgIpc) is 3.28. The molecule has 1 unspecified atom stereocenters. The summed E-state index contributed by atoms with van der Waals surface area (Å²) in [5.74, 6) is 1.40. The number of hydrogen-bond donors (Lipinski definition) is 1. The first-order valence-corrected chi connectivity index (χ1v) is 22.3. The topological polar surface area (TPSA) is 152 Å². The summed E-state index contributed by atoms with van der Waals surface area (Å²) in [5.41, 5.74) is 5.07. The van der Waals surface area contributed by atoms with Gasteiger partial charge in [-0.15, -0.1) is 0 Å². The van der Waals surface area contributed by atoms with Crippen molar-refractivity contribution in [3.05, 3.63) is 111 Å². The Morgan fingerprint density at radius 3 is 2.38 bits per heavy atom. The van der Waals surface area contributed by atoms with Crippen molar-refractivity contribution in [3.8, 4) is 11.8 Å². The van der Waals surface area contributed by atoms with E-state index >= 15 is 0 Å². The smallest absolute Gasteiger partial charge is 0.254 e. The monoisotopic (exact) mass is 872 g/mol. The van der Waals surface area contributed by atoms with Gasteiger partial charge in [0.15, 0.2) is 6.29 Å². The molecular weight excluding hydrogens is 816 g/mol. The van der Waals surface area contributed by atoms with E-state index in [4.69, 9.17) is 21.3 Å². The minimum Gasteiger partial charge on any atom is -0.487 e. The van der Waals surface area contributed by atoms with Gasteiger partial charge in [0.05, 0.1) is 22.9 Å². The molecule has 3 aliphatic rings. The zero-order valence-corrected chi connectivity index (χ0v) is 37.4. The quantitative estimate of drug-likeness (QED) is 0.115. The van der Waals surface area contributed by atoms with Gasteiger partial charge in [-0.3, -0.25) is 24.5 Å². The molecular formula is C49H57ClN8O5. The highest BCUT2D eigenvalue weighted by atomic mass is 35.5. The van der Waals surface area contributed by atoms with Crippen molar-refractivity contribution in [2.45, 2.75) is 77.4 Å². The molecule has 3 saturated heterocycles. The molecule has 4 heterocycles. The Kier molecular flexibility index (Phi) is 14.1. The Hall–Kier alpha value is -5.84. The van der Waals surface area contributed by atoms with Gasteiger partial charge < -0.3 is 24.3 Å². The number of carbonyl (C=O) groups is 4. The van der Waals surface area contributed by atoms with Crippen molar-refractivity contribution in [1.29, 1.82) is 5.26 Å². The molecule has 1 atom stereocenters. The number of piperidine rings is 2. The summed E-state index contributed by atoms with van der Waals surface area (Å²) in [6.07, 6.45) is 7.99. The number of amides is 3. The van der Waals surface area contributed by atoms with Gasteiger partial charge in [-0.25, -0.2) is 9.97 Å². The Bertz CT molecular complexity index is 2320. The summed E-state index contributed by atoms with van der Waals surface area (Å²) in [6, 6.07) is 22.9. The maximum atomic E-state index is 13.3. The maximum Gasteiger partial charge on any atom is 0.254 e. The molecule has 0 saturated carbocycles. The highest BCUT2D eigenvalue weighted by Crippen LogP contribution is 2.43. The largest absolute Gasteiger partial charge is 0.487 e. The van der Waals surface area contributed by atoms with Crippen molar-refractivity contribution >= 4 is 47.7 Å². The summed E-state index contributed by atoms with van der Waals surface area (Å²) < 4.78 is 6.13. The molecule has 0 bridgehead atoms. The van der Waals surface area contributed by atoms with E-state index < -0.39 is 5.91 Å². The first-order valence-electron chi connectivity index (χ1n) is 21.9. The third kappa shape index (κ3) is 10.7. The van der Waals surface area contributed by atoms with Crippen LogP contribution in [0, 0.1) is 22.7 Å². The molecule has 1 aromatic heterocycles. The molecule has 13 nitrogen and oxygen atoms in total. The summed E-state index contributed by atoms with van der Waals surface area (Å²) in [4.78, 5) is 65.9. The first-order chi connectivity index (χ1) is 30.3. The fourth-order valence-electron chi connectivity index (χ4n) is 9.19. The molecule has 1 spiro atoms. The number of aromatic nitrogens is 2. The number of imide groups is 1.